The average molecular weight is 350 g/mol. The van der Waals surface area contributed by atoms with Crippen LogP contribution in [0.5, 0.6) is 0 Å². The monoisotopic (exact) mass is 350 g/mol. The van der Waals surface area contributed by atoms with Crippen molar-refractivity contribution in [2.24, 2.45) is 0 Å². The van der Waals surface area contributed by atoms with Gasteiger partial charge in [-0.2, -0.15) is 5.26 Å². The molecule has 3 rings (SSSR count). The van der Waals surface area contributed by atoms with Crippen molar-refractivity contribution < 1.29 is 24.0 Å². The lowest BCUT2D eigenvalue weighted by molar-refractivity contribution is -0.385. The number of carbonyl (C=O) groups excluding carboxylic acids is 3. The van der Waals surface area contributed by atoms with Gasteiger partial charge in [-0.05, 0) is 19.1 Å². The summed E-state index contributed by atoms with van der Waals surface area (Å²) in [6, 6.07) is 9.89. The molecule has 0 N–H and O–H groups in total. The number of ether oxygens (including phenoxy) is 1. The Morgan fingerprint density at radius 2 is 1.73 bits per heavy atom. The van der Waals surface area contributed by atoms with Crippen molar-refractivity contribution in [1.82, 2.24) is 0 Å². The van der Waals surface area contributed by atoms with Gasteiger partial charge in [0.1, 0.15) is 17.2 Å². The van der Waals surface area contributed by atoms with E-state index in [0.29, 0.717) is 0 Å². The minimum absolute atomic E-state index is 0.0315. The highest BCUT2D eigenvalue weighted by Crippen LogP contribution is 2.35. The number of hydrogen-bond donors (Lipinski definition) is 0. The fraction of sp³-hybridized carbons (Fsp3) is 0.111. The van der Waals surface area contributed by atoms with Crippen LogP contribution in [0, 0.1) is 21.4 Å². The van der Waals surface area contributed by atoms with Crippen molar-refractivity contribution in [1.29, 1.82) is 5.26 Å². The Kier molecular flexibility index (Phi) is 4.06. The Bertz CT molecular complexity index is 1030. The van der Waals surface area contributed by atoms with E-state index in [1.54, 1.807) is 12.1 Å². The van der Waals surface area contributed by atoms with Crippen LogP contribution in [0.3, 0.4) is 0 Å². The van der Waals surface area contributed by atoms with Gasteiger partial charge in [-0.3, -0.25) is 19.7 Å². The number of nitro groups is 1. The Labute approximate surface area is 146 Å². The zero-order valence-electron chi connectivity index (χ0n) is 13.4. The molecular formula is C18H10N2O6. The predicted molar refractivity (Wildman–Crippen MR) is 86.9 cm³/mol. The zero-order valence-corrected chi connectivity index (χ0v) is 13.4. The van der Waals surface area contributed by atoms with Gasteiger partial charge in [0.15, 0.2) is 11.9 Å². The maximum atomic E-state index is 12.8. The lowest BCUT2D eigenvalue weighted by Gasteiger charge is -2.18. The summed E-state index contributed by atoms with van der Waals surface area (Å²) in [6.45, 7) is 1.30. The summed E-state index contributed by atoms with van der Waals surface area (Å²) in [7, 11) is 0. The van der Waals surface area contributed by atoms with E-state index < -0.39 is 45.4 Å². The summed E-state index contributed by atoms with van der Waals surface area (Å²) >= 11 is 0. The van der Waals surface area contributed by atoms with E-state index in [-0.39, 0.29) is 16.7 Å². The third-order valence-corrected chi connectivity index (χ3v) is 3.93. The Hall–Kier alpha value is -3.86. The molecule has 1 atom stereocenters. The summed E-state index contributed by atoms with van der Waals surface area (Å²) in [5.41, 5.74) is -1.71. The molecule has 1 aliphatic rings. The van der Waals surface area contributed by atoms with Crippen molar-refractivity contribution in [3.8, 4) is 6.07 Å². The molecule has 2 aromatic carbocycles. The molecule has 2 aromatic rings. The van der Waals surface area contributed by atoms with Crippen molar-refractivity contribution in [3.63, 3.8) is 0 Å². The molecule has 0 heterocycles. The van der Waals surface area contributed by atoms with Crippen LogP contribution in [0.2, 0.25) is 0 Å². The van der Waals surface area contributed by atoms with Crippen molar-refractivity contribution in [2.45, 2.75) is 13.0 Å². The van der Waals surface area contributed by atoms with Crippen LogP contribution in [0.15, 0.2) is 36.4 Å². The molecule has 1 aliphatic carbocycles. The van der Waals surface area contributed by atoms with Gasteiger partial charge in [0.25, 0.3) is 5.69 Å². The lowest BCUT2D eigenvalue weighted by Crippen LogP contribution is -2.24. The maximum absolute atomic E-state index is 12.8. The van der Waals surface area contributed by atoms with Crippen LogP contribution in [0.4, 0.5) is 5.69 Å². The first-order valence-electron chi connectivity index (χ1n) is 7.47. The molecule has 0 saturated carbocycles. The second-order valence-corrected chi connectivity index (χ2v) is 5.52. The molecule has 0 bridgehead atoms. The molecule has 0 unspecified atom stereocenters. The van der Waals surface area contributed by atoms with Gasteiger partial charge < -0.3 is 4.74 Å². The van der Waals surface area contributed by atoms with Gasteiger partial charge in [-0.15, -0.1) is 0 Å². The predicted octanol–water partition coefficient (Wildman–Crippen LogP) is 2.44. The highest BCUT2D eigenvalue weighted by atomic mass is 16.6. The van der Waals surface area contributed by atoms with Crippen LogP contribution in [0.25, 0.3) is 0 Å². The van der Waals surface area contributed by atoms with Crippen LogP contribution < -0.4 is 0 Å². The summed E-state index contributed by atoms with van der Waals surface area (Å²) in [6.07, 6.45) is -1.13. The van der Waals surface area contributed by atoms with Crippen LogP contribution in [0.1, 0.15) is 49.1 Å². The second-order valence-electron chi connectivity index (χ2n) is 5.52. The van der Waals surface area contributed by atoms with Gasteiger partial charge in [0.2, 0.25) is 5.78 Å². The van der Waals surface area contributed by atoms with E-state index in [0.717, 1.165) is 6.07 Å². The van der Waals surface area contributed by atoms with Gasteiger partial charge in [0, 0.05) is 16.7 Å². The number of ketones is 2. The summed E-state index contributed by atoms with van der Waals surface area (Å²) in [4.78, 5) is 48.2. The number of nitriles is 1. The number of benzene rings is 2. The number of esters is 1. The number of rotatable bonds is 3. The molecule has 0 fully saturated rings. The van der Waals surface area contributed by atoms with E-state index in [2.05, 4.69) is 0 Å². The standard InChI is InChI=1S/C18H10N2O6/c1-9(8-19)26-18(23)13-7-6-12-14(15(13)20(24)25)17(22)11-5-3-2-4-10(11)16(12)21/h2-7,9H,1H3/t9-/m0/s1. The van der Waals surface area contributed by atoms with Gasteiger partial charge in [-0.1, -0.05) is 24.3 Å². The van der Waals surface area contributed by atoms with Crippen LogP contribution in [-0.4, -0.2) is 28.6 Å². The third-order valence-electron chi connectivity index (χ3n) is 3.93. The van der Waals surface area contributed by atoms with E-state index in [4.69, 9.17) is 10.00 Å². The topological polar surface area (TPSA) is 127 Å². The van der Waals surface area contributed by atoms with Gasteiger partial charge in [-0.25, -0.2) is 4.79 Å². The minimum atomic E-state index is -1.13. The average Bonchev–Trinajstić information content (AvgIpc) is 2.64. The number of nitrogens with zero attached hydrogens (tertiary/aromatic N) is 2. The van der Waals surface area contributed by atoms with Crippen molar-refractivity contribution in [3.05, 3.63) is 74.3 Å². The first-order chi connectivity index (χ1) is 12.4. The van der Waals surface area contributed by atoms with Gasteiger partial charge in [0.05, 0.1) is 4.92 Å². The highest BCUT2D eigenvalue weighted by Gasteiger charge is 2.39. The van der Waals surface area contributed by atoms with Crippen LogP contribution >= 0.6 is 0 Å². The van der Waals surface area contributed by atoms with Crippen molar-refractivity contribution >= 4 is 23.2 Å². The second kappa shape index (κ2) is 6.22. The lowest BCUT2D eigenvalue weighted by atomic mass is 9.82. The number of carbonyl (C=O) groups is 3. The Morgan fingerprint density at radius 1 is 1.12 bits per heavy atom. The third kappa shape index (κ3) is 2.52. The highest BCUT2D eigenvalue weighted by molar-refractivity contribution is 6.30. The SMILES string of the molecule is C[C@@H](C#N)OC(=O)c1ccc2c(c1[N+](=O)[O-])C(=O)c1ccccc1C2=O. The molecule has 128 valence electrons. The molecule has 0 saturated heterocycles. The van der Waals surface area contributed by atoms with E-state index >= 15 is 0 Å². The normalized spacial score (nSPS) is 13.2. The first-order valence-corrected chi connectivity index (χ1v) is 7.47. The molecule has 0 aliphatic heterocycles. The quantitative estimate of drug-likeness (QED) is 0.403. The molecule has 8 heteroatoms. The fourth-order valence-electron chi connectivity index (χ4n) is 2.77. The minimum Gasteiger partial charge on any atom is -0.443 e. The Morgan fingerprint density at radius 3 is 2.31 bits per heavy atom. The summed E-state index contributed by atoms with van der Waals surface area (Å²) in [5.74, 6) is -2.37. The number of nitro benzene ring substituents is 1. The van der Waals surface area contributed by atoms with E-state index in [1.165, 1.54) is 31.2 Å². The van der Waals surface area contributed by atoms with E-state index in [1.807, 2.05) is 0 Å². The molecule has 0 amide bonds. The van der Waals surface area contributed by atoms with Crippen LogP contribution in [-0.2, 0) is 4.74 Å². The molecule has 26 heavy (non-hydrogen) atoms. The molecular weight excluding hydrogens is 340 g/mol. The molecule has 0 radical (unpaired) electrons. The van der Waals surface area contributed by atoms with Gasteiger partial charge >= 0.3 is 5.97 Å². The number of hydrogen-bond acceptors (Lipinski definition) is 7. The van der Waals surface area contributed by atoms with Crippen molar-refractivity contribution in [2.75, 3.05) is 0 Å². The zero-order chi connectivity index (χ0) is 19.0. The molecule has 0 aromatic heterocycles. The largest absolute Gasteiger partial charge is 0.443 e. The fourth-order valence-corrected chi connectivity index (χ4v) is 2.77. The first kappa shape index (κ1) is 17.0. The molecule has 8 nitrogen and oxygen atoms in total. The smallest absolute Gasteiger partial charge is 0.346 e. The summed E-state index contributed by atoms with van der Waals surface area (Å²) < 4.78 is 4.80. The maximum Gasteiger partial charge on any atom is 0.346 e. The summed E-state index contributed by atoms with van der Waals surface area (Å²) in [5, 5.41) is 20.3. The van der Waals surface area contributed by atoms with E-state index in [9.17, 15) is 24.5 Å². The Balaban J connectivity index is 2.24. The molecule has 0 spiro atoms. The number of fused-ring (bicyclic) bond motifs is 2.